The molecule has 0 aliphatic carbocycles. The van der Waals surface area contributed by atoms with Gasteiger partial charge in [-0.3, -0.25) is 9.59 Å². The Labute approximate surface area is 163 Å². The first-order valence-corrected chi connectivity index (χ1v) is 9.74. The largest absolute Gasteiger partial charge is 0.449 e. The third kappa shape index (κ3) is 5.56. The smallest absolute Gasteiger partial charge is 0.307 e. The number of esters is 1. The number of benzene rings is 3. The summed E-state index contributed by atoms with van der Waals surface area (Å²) in [5, 5.41) is 0. The maximum Gasteiger partial charge on any atom is 0.307 e. The second-order valence-corrected chi connectivity index (χ2v) is 7.09. The van der Waals surface area contributed by atoms with Crippen LogP contribution in [0.1, 0.15) is 28.4 Å². The van der Waals surface area contributed by atoms with Gasteiger partial charge in [0.1, 0.15) is 0 Å². The number of rotatable bonds is 8. The lowest BCUT2D eigenvalue weighted by molar-refractivity contribution is -0.146. The minimum Gasteiger partial charge on any atom is -0.449 e. The van der Waals surface area contributed by atoms with E-state index in [1.807, 2.05) is 54.6 Å². The summed E-state index contributed by atoms with van der Waals surface area (Å²) in [7, 11) is 0. The molecule has 0 fully saturated rings. The molecule has 0 aliphatic heterocycles. The van der Waals surface area contributed by atoms with Crippen molar-refractivity contribution in [2.75, 3.05) is 5.75 Å². The van der Waals surface area contributed by atoms with Crippen LogP contribution in [0.2, 0.25) is 0 Å². The maximum atomic E-state index is 12.9. The molecule has 3 nitrogen and oxygen atoms in total. The van der Waals surface area contributed by atoms with Gasteiger partial charge in [-0.2, -0.15) is 0 Å². The van der Waals surface area contributed by atoms with Crippen molar-refractivity contribution < 1.29 is 14.3 Å². The minimum atomic E-state index is -0.928. The second-order valence-electron chi connectivity index (χ2n) is 5.92. The predicted molar refractivity (Wildman–Crippen MR) is 108 cm³/mol. The highest BCUT2D eigenvalue weighted by molar-refractivity contribution is 7.99. The zero-order valence-electron chi connectivity index (χ0n) is 14.8. The number of thioether (sulfide) groups is 1. The van der Waals surface area contributed by atoms with Crippen molar-refractivity contribution in [3.63, 3.8) is 0 Å². The van der Waals surface area contributed by atoms with Gasteiger partial charge in [0.15, 0.2) is 6.10 Å². The van der Waals surface area contributed by atoms with E-state index in [1.54, 1.807) is 48.2 Å². The van der Waals surface area contributed by atoms with Crippen LogP contribution in [-0.4, -0.2) is 17.5 Å². The van der Waals surface area contributed by atoms with E-state index in [0.717, 1.165) is 4.90 Å². The molecule has 3 aromatic rings. The molecule has 1 atom stereocenters. The Balaban J connectivity index is 1.66. The van der Waals surface area contributed by atoms with E-state index in [1.165, 1.54) is 0 Å². The van der Waals surface area contributed by atoms with Crippen LogP contribution in [0.15, 0.2) is 95.9 Å². The molecule has 0 radical (unpaired) electrons. The summed E-state index contributed by atoms with van der Waals surface area (Å²) in [6.07, 6.45) is -0.687. The fourth-order valence-corrected chi connectivity index (χ4v) is 3.47. The van der Waals surface area contributed by atoms with E-state index in [-0.39, 0.29) is 18.2 Å². The van der Waals surface area contributed by atoms with Crippen molar-refractivity contribution in [2.45, 2.75) is 17.4 Å². The quantitative estimate of drug-likeness (QED) is 0.302. The molecule has 0 aliphatic rings. The summed E-state index contributed by atoms with van der Waals surface area (Å²) >= 11 is 1.59. The molecule has 0 saturated carbocycles. The molecule has 0 aromatic heterocycles. The van der Waals surface area contributed by atoms with Crippen molar-refractivity contribution in [2.24, 2.45) is 0 Å². The van der Waals surface area contributed by atoms with Crippen LogP contribution < -0.4 is 0 Å². The average Bonchev–Trinajstić information content (AvgIpc) is 2.73. The number of hydrogen-bond donors (Lipinski definition) is 0. The zero-order chi connectivity index (χ0) is 18.9. The average molecular weight is 376 g/mol. The van der Waals surface area contributed by atoms with Gasteiger partial charge in [-0.25, -0.2) is 0 Å². The van der Waals surface area contributed by atoms with Gasteiger partial charge in [-0.05, 0) is 12.1 Å². The summed E-state index contributed by atoms with van der Waals surface area (Å²) < 4.78 is 5.59. The first kappa shape index (κ1) is 18.9. The van der Waals surface area contributed by atoms with Gasteiger partial charge in [0, 0.05) is 21.8 Å². The SMILES string of the molecule is O=C(CCSc1ccccc1)O[C@H](C(=O)c1ccccc1)c1ccccc1. The van der Waals surface area contributed by atoms with Gasteiger partial charge in [0.25, 0.3) is 0 Å². The van der Waals surface area contributed by atoms with Gasteiger partial charge < -0.3 is 4.74 Å². The number of ketones is 1. The van der Waals surface area contributed by atoms with E-state index in [0.29, 0.717) is 16.9 Å². The molecule has 0 spiro atoms. The monoisotopic (exact) mass is 376 g/mol. The number of hydrogen-bond acceptors (Lipinski definition) is 4. The molecule has 0 bridgehead atoms. The minimum absolute atomic E-state index is 0.217. The Morgan fingerprint density at radius 3 is 1.96 bits per heavy atom. The first-order chi connectivity index (χ1) is 13.2. The molecule has 3 rings (SSSR count). The van der Waals surface area contributed by atoms with Crippen LogP contribution in [0.3, 0.4) is 0 Å². The molecule has 0 unspecified atom stereocenters. The van der Waals surface area contributed by atoms with Crippen LogP contribution in [0.25, 0.3) is 0 Å². The number of carbonyl (C=O) groups is 2. The molecule has 0 amide bonds. The van der Waals surface area contributed by atoms with Gasteiger partial charge >= 0.3 is 5.97 Å². The van der Waals surface area contributed by atoms with Crippen LogP contribution in [0.5, 0.6) is 0 Å². The van der Waals surface area contributed by atoms with E-state index in [9.17, 15) is 9.59 Å². The Morgan fingerprint density at radius 2 is 1.33 bits per heavy atom. The van der Waals surface area contributed by atoms with Crippen molar-refractivity contribution in [3.05, 3.63) is 102 Å². The highest BCUT2D eigenvalue weighted by atomic mass is 32.2. The van der Waals surface area contributed by atoms with Crippen molar-refractivity contribution >= 4 is 23.5 Å². The van der Waals surface area contributed by atoms with Crippen LogP contribution in [-0.2, 0) is 9.53 Å². The summed E-state index contributed by atoms with van der Waals surface area (Å²) in [5.74, 6) is 0.00610. The van der Waals surface area contributed by atoms with Crippen LogP contribution >= 0.6 is 11.8 Å². The number of ether oxygens (including phenoxy) is 1. The topological polar surface area (TPSA) is 43.4 Å². The second kappa shape index (κ2) is 9.74. The number of carbonyl (C=O) groups excluding carboxylic acids is 2. The molecule has 136 valence electrons. The van der Waals surface area contributed by atoms with E-state index in [2.05, 4.69) is 0 Å². The van der Waals surface area contributed by atoms with E-state index in [4.69, 9.17) is 4.74 Å². The third-order valence-corrected chi connectivity index (χ3v) is 4.98. The van der Waals surface area contributed by atoms with Crippen molar-refractivity contribution in [3.8, 4) is 0 Å². The van der Waals surface area contributed by atoms with Gasteiger partial charge in [-0.15, -0.1) is 11.8 Å². The lowest BCUT2D eigenvalue weighted by Gasteiger charge is -2.17. The van der Waals surface area contributed by atoms with E-state index >= 15 is 0 Å². The predicted octanol–water partition coefficient (Wildman–Crippen LogP) is 5.34. The van der Waals surface area contributed by atoms with E-state index < -0.39 is 6.10 Å². The lowest BCUT2D eigenvalue weighted by Crippen LogP contribution is -2.20. The van der Waals surface area contributed by atoms with Crippen LogP contribution in [0, 0.1) is 0 Å². The maximum absolute atomic E-state index is 12.9. The molecule has 0 heterocycles. The Kier molecular flexibility index (Phi) is 6.83. The Hall–Kier alpha value is -2.85. The number of Topliss-reactive ketones (excluding diaryl/α,β-unsaturated/α-hetero) is 1. The normalized spacial score (nSPS) is 11.6. The standard InChI is InChI=1S/C23H20O3S/c24-21(16-17-27-20-14-8-3-9-15-20)26-23(19-12-6-2-7-13-19)22(25)18-10-4-1-5-11-18/h1-15,23H,16-17H2/t23-/m0/s1. The highest BCUT2D eigenvalue weighted by Crippen LogP contribution is 2.24. The van der Waals surface area contributed by atoms with Crippen molar-refractivity contribution in [1.82, 2.24) is 0 Å². The van der Waals surface area contributed by atoms with Gasteiger partial charge in [0.05, 0.1) is 6.42 Å². The molecule has 27 heavy (non-hydrogen) atoms. The summed E-state index contributed by atoms with van der Waals surface area (Å²) in [6, 6.07) is 27.9. The molecule has 4 heteroatoms. The Morgan fingerprint density at radius 1 is 0.778 bits per heavy atom. The first-order valence-electron chi connectivity index (χ1n) is 8.75. The van der Waals surface area contributed by atoms with Gasteiger partial charge in [-0.1, -0.05) is 78.9 Å². The summed E-state index contributed by atoms with van der Waals surface area (Å²) in [6.45, 7) is 0. The zero-order valence-corrected chi connectivity index (χ0v) is 15.6. The fourth-order valence-electron chi connectivity index (χ4n) is 2.61. The molecular weight excluding hydrogens is 356 g/mol. The molecule has 3 aromatic carbocycles. The Bertz CT molecular complexity index is 864. The van der Waals surface area contributed by atoms with Crippen molar-refractivity contribution in [1.29, 1.82) is 0 Å². The van der Waals surface area contributed by atoms with Crippen LogP contribution in [0.4, 0.5) is 0 Å². The highest BCUT2D eigenvalue weighted by Gasteiger charge is 2.25. The summed E-state index contributed by atoms with van der Waals surface area (Å²) in [5.41, 5.74) is 1.20. The third-order valence-electron chi connectivity index (χ3n) is 3.97. The van der Waals surface area contributed by atoms with Gasteiger partial charge in [0.2, 0.25) is 5.78 Å². The molecule has 0 N–H and O–H groups in total. The fraction of sp³-hybridized carbons (Fsp3) is 0.130. The lowest BCUT2D eigenvalue weighted by atomic mass is 10.00. The molecular formula is C23H20O3S. The molecule has 0 saturated heterocycles. The summed E-state index contributed by atoms with van der Waals surface area (Å²) in [4.78, 5) is 26.4.